The maximum absolute atomic E-state index is 10.6. The molecule has 5 rings (SSSR count). The molecule has 2 aliphatic rings. The molecule has 1 fully saturated rings. The molecule has 4 atom stereocenters. The van der Waals surface area contributed by atoms with Gasteiger partial charge in [0, 0.05) is 36.1 Å². The second kappa shape index (κ2) is 7.36. The summed E-state index contributed by atoms with van der Waals surface area (Å²) in [6, 6.07) is 7.89. The molecule has 1 N–H and O–H groups in total. The first-order valence-electron chi connectivity index (χ1n) is 10.1. The van der Waals surface area contributed by atoms with Crippen LogP contribution in [-0.2, 0) is 28.3 Å². The zero-order chi connectivity index (χ0) is 20.9. The van der Waals surface area contributed by atoms with Crippen LogP contribution in [0.4, 0.5) is 0 Å². The number of fused-ring (bicyclic) bond motifs is 2. The quantitative estimate of drug-likeness (QED) is 0.633. The molecule has 0 aliphatic carbocycles. The first kappa shape index (κ1) is 19.5. The highest BCUT2D eigenvalue weighted by Gasteiger charge is 2.49. The molecule has 1 unspecified atom stereocenters. The van der Waals surface area contributed by atoms with Gasteiger partial charge in [0.25, 0.3) is 0 Å². The van der Waals surface area contributed by atoms with E-state index in [0.717, 1.165) is 37.9 Å². The molecule has 154 valence electrons. The second-order valence-electron chi connectivity index (χ2n) is 8.08. The van der Waals surface area contributed by atoms with Crippen LogP contribution < -0.4 is 0 Å². The minimum absolute atomic E-state index is 0.0584. The van der Waals surface area contributed by atoms with Crippen molar-refractivity contribution >= 4 is 11.3 Å². The summed E-state index contributed by atoms with van der Waals surface area (Å²) in [5.41, 5.74) is 3.83. The predicted molar refractivity (Wildman–Crippen MR) is 114 cm³/mol. The van der Waals surface area contributed by atoms with E-state index in [9.17, 15) is 5.11 Å². The summed E-state index contributed by atoms with van der Waals surface area (Å²) in [6.07, 6.45) is 9.75. The first-order chi connectivity index (χ1) is 14.5. The van der Waals surface area contributed by atoms with Gasteiger partial charge in [-0.1, -0.05) is 12.8 Å². The number of rotatable bonds is 3. The fourth-order valence-corrected chi connectivity index (χ4v) is 5.21. The van der Waals surface area contributed by atoms with Crippen LogP contribution in [0.25, 0.3) is 10.6 Å². The molecule has 0 amide bonds. The molecule has 0 bridgehead atoms. The average molecular weight is 422 g/mol. The Labute approximate surface area is 179 Å². The van der Waals surface area contributed by atoms with E-state index in [2.05, 4.69) is 17.0 Å². The molecule has 2 aliphatic heterocycles. The Balaban J connectivity index is 1.49. The number of aliphatic hydroxyl groups excluding tert-OH is 1. The fraction of sp³-hybridized carbons (Fsp3) is 0.375. The number of ether oxygens (including phenoxy) is 2. The number of terminal acetylenes is 1. The Morgan fingerprint density at radius 3 is 2.97 bits per heavy atom. The van der Waals surface area contributed by atoms with Gasteiger partial charge in [0.15, 0.2) is 5.79 Å². The first-order valence-corrected chi connectivity index (χ1v) is 10.9. The Hall–Kier alpha value is -2.43. The summed E-state index contributed by atoms with van der Waals surface area (Å²) >= 11 is 1.59. The maximum Gasteiger partial charge on any atom is 0.198 e. The van der Waals surface area contributed by atoms with Crippen LogP contribution in [-0.4, -0.2) is 22.3 Å². The molecular weight excluding hydrogens is 398 g/mol. The van der Waals surface area contributed by atoms with Crippen LogP contribution in [0.15, 0.2) is 41.1 Å². The average Bonchev–Trinajstić information content (AvgIpc) is 3.47. The summed E-state index contributed by atoms with van der Waals surface area (Å²) in [5, 5.41) is 11.5. The topological polar surface area (TPSA) is 64.7 Å². The van der Waals surface area contributed by atoms with Crippen LogP contribution in [0, 0.1) is 18.3 Å². The summed E-state index contributed by atoms with van der Waals surface area (Å²) in [5.74, 6) is 2.77. The van der Waals surface area contributed by atoms with Crippen molar-refractivity contribution in [1.82, 2.24) is 4.98 Å². The monoisotopic (exact) mass is 421 g/mol. The van der Waals surface area contributed by atoms with Crippen LogP contribution in [0.1, 0.15) is 47.5 Å². The van der Waals surface area contributed by atoms with E-state index in [4.69, 9.17) is 20.3 Å². The highest BCUT2D eigenvalue weighted by Crippen LogP contribution is 2.47. The minimum Gasteiger partial charge on any atom is -0.463 e. The third-order valence-electron chi connectivity index (χ3n) is 6.22. The van der Waals surface area contributed by atoms with Crippen molar-refractivity contribution in [2.75, 3.05) is 0 Å². The molecule has 3 aromatic rings. The van der Waals surface area contributed by atoms with Gasteiger partial charge in [-0.3, -0.25) is 0 Å². The lowest BCUT2D eigenvalue weighted by molar-refractivity contribution is -0.308. The zero-order valence-corrected chi connectivity index (χ0v) is 17.7. The van der Waals surface area contributed by atoms with Crippen LogP contribution >= 0.6 is 11.3 Å². The van der Waals surface area contributed by atoms with Gasteiger partial charge in [-0.15, -0.1) is 17.8 Å². The van der Waals surface area contributed by atoms with Crippen molar-refractivity contribution in [2.24, 2.45) is 5.92 Å². The van der Waals surface area contributed by atoms with Gasteiger partial charge >= 0.3 is 0 Å². The molecular formula is C24H23NO4S. The van der Waals surface area contributed by atoms with Gasteiger partial charge in [0.2, 0.25) is 0 Å². The number of hydrogen-bond acceptors (Lipinski definition) is 6. The molecule has 4 heterocycles. The van der Waals surface area contributed by atoms with Crippen molar-refractivity contribution in [2.45, 2.75) is 51.3 Å². The third kappa shape index (κ3) is 3.19. The van der Waals surface area contributed by atoms with E-state index in [1.807, 2.05) is 38.2 Å². The Morgan fingerprint density at radius 1 is 1.37 bits per heavy atom. The molecule has 0 radical (unpaired) electrons. The Kier molecular flexibility index (Phi) is 4.79. The smallest absolute Gasteiger partial charge is 0.198 e. The Morgan fingerprint density at radius 2 is 2.23 bits per heavy atom. The summed E-state index contributed by atoms with van der Waals surface area (Å²) < 4.78 is 17.9. The van der Waals surface area contributed by atoms with Crippen LogP contribution in [0.3, 0.4) is 0 Å². The van der Waals surface area contributed by atoms with Gasteiger partial charge in [0.05, 0.1) is 35.0 Å². The summed E-state index contributed by atoms with van der Waals surface area (Å²) in [7, 11) is 0. The van der Waals surface area contributed by atoms with Crippen molar-refractivity contribution in [1.29, 1.82) is 0 Å². The predicted octanol–water partition coefficient (Wildman–Crippen LogP) is 4.46. The minimum atomic E-state index is -0.912. The van der Waals surface area contributed by atoms with E-state index in [-0.39, 0.29) is 12.0 Å². The Bertz CT molecular complexity index is 1100. The third-order valence-corrected chi connectivity index (χ3v) is 7.23. The zero-order valence-electron chi connectivity index (χ0n) is 16.9. The molecule has 5 nitrogen and oxygen atoms in total. The highest BCUT2D eigenvalue weighted by atomic mass is 32.1. The number of thiazole rings is 1. The molecule has 1 saturated heterocycles. The van der Waals surface area contributed by atoms with E-state index in [0.29, 0.717) is 19.4 Å². The van der Waals surface area contributed by atoms with Gasteiger partial charge < -0.3 is 19.0 Å². The van der Waals surface area contributed by atoms with E-state index < -0.39 is 11.9 Å². The number of benzene rings is 1. The second-order valence-corrected chi connectivity index (χ2v) is 9.19. The lowest BCUT2D eigenvalue weighted by atomic mass is 9.85. The van der Waals surface area contributed by atoms with Crippen molar-refractivity contribution in [3.05, 3.63) is 64.0 Å². The summed E-state index contributed by atoms with van der Waals surface area (Å²) in [6.45, 7) is 4.42. The lowest BCUT2D eigenvalue weighted by Gasteiger charge is -2.43. The lowest BCUT2D eigenvalue weighted by Crippen LogP contribution is -2.48. The van der Waals surface area contributed by atoms with E-state index >= 15 is 0 Å². The van der Waals surface area contributed by atoms with Crippen LogP contribution in [0.2, 0.25) is 0 Å². The fourth-order valence-electron chi connectivity index (χ4n) is 4.30. The van der Waals surface area contributed by atoms with E-state index in [1.165, 1.54) is 0 Å². The number of aromatic nitrogens is 1. The van der Waals surface area contributed by atoms with Gasteiger partial charge in [-0.25, -0.2) is 4.98 Å². The molecule has 2 aromatic heterocycles. The molecule has 1 aromatic carbocycles. The molecule has 0 saturated carbocycles. The normalized spacial score (nSPS) is 27.9. The standard InChI is InChI=1S/C24H23NO4S/c1-4-16-8-18-13-28-24(11-20(26)14(2)15(3)29-24)19(18)9-17(16)10-23-25-12-22(30-23)21-6-5-7-27-21/h1,5-9,12,14-15,20,26H,10-11,13H2,2-3H3/t14?,15-,20-,24-/m1/s1. The number of aliphatic hydroxyl groups is 1. The van der Waals surface area contributed by atoms with Crippen molar-refractivity contribution < 1.29 is 19.0 Å². The van der Waals surface area contributed by atoms with Crippen LogP contribution in [0.5, 0.6) is 0 Å². The van der Waals surface area contributed by atoms with Gasteiger partial charge in [-0.2, -0.15) is 0 Å². The van der Waals surface area contributed by atoms with Gasteiger partial charge in [-0.05, 0) is 42.3 Å². The van der Waals surface area contributed by atoms with Crippen molar-refractivity contribution in [3.8, 4) is 23.0 Å². The number of furan rings is 1. The number of nitrogens with zero attached hydrogens (tertiary/aromatic N) is 1. The van der Waals surface area contributed by atoms with Gasteiger partial charge in [0.1, 0.15) is 5.76 Å². The largest absolute Gasteiger partial charge is 0.463 e. The van der Waals surface area contributed by atoms with E-state index in [1.54, 1.807) is 17.6 Å². The molecule has 6 heteroatoms. The molecule has 30 heavy (non-hydrogen) atoms. The molecule has 1 spiro atoms. The summed E-state index contributed by atoms with van der Waals surface area (Å²) in [4.78, 5) is 5.55. The van der Waals surface area contributed by atoms with Crippen molar-refractivity contribution in [3.63, 3.8) is 0 Å². The number of hydrogen-bond donors (Lipinski definition) is 1. The highest BCUT2D eigenvalue weighted by molar-refractivity contribution is 7.15. The SMILES string of the molecule is C#Cc1cc2c(cc1Cc1ncc(-c3ccco3)s1)[C@]1(C[C@@H](O)C(C)[C@@H](C)O1)OC2. The maximum atomic E-state index is 10.6.